The molecule has 3 heterocycles. The van der Waals surface area contributed by atoms with Gasteiger partial charge in [0.25, 0.3) is 5.56 Å². The number of anilines is 1. The van der Waals surface area contributed by atoms with Crippen LogP contribution >= 0.6 is 0 Å². The number of pyridine rings is 2. The number of aromatic nitrogens is 4. The smallest absolute Gasteiger partial charge is 0.270 e. The summed E-state index contributed by atoms with van der Waals surface area (Å²) >= 11 is 0. The maximum absolute atomic E-state index is 12.6. The first-order chi connectivity index (χ1) is 17.6. The van der Waals surface area contributed by atoms with Gasteiger partial charge in [0.1, 0.15) is 34.5 Å². The summed E-state index contributed by atoms with van der Waals surface area (Å²) in [5, 5.41) is 26.6. The van der Waals surface area contributed by atoms with Crippen LogP contribution in [0, 0.1) is 22.7 Å². The molecule has 37 heavy (non-hydrogen) atoms. The molecule has 0 spiro atoms. The summed E-state index contributed by atoms with van der Waals surface area (Å²) in [5.74, 6) is 0. The summed E-state index contributed by atoms with van der Waals surface area (Å²) < 4.78 is 3.16. The van der Waals surface area contributed by atoms with Gasteiger partial charge in [-0.05, 0) is 51.8 Å². The van der Waals surface area contributed by atoms with Crippen LogP contribution in [0.3, 0.4) is 0 Å². The summed E-state index contributed by atoms with van der Waals surface area (Å²) in [6, 6.07) is 9.57. The molecule has 4 rings (SSSR count). The Morgan fingerprint density at radius 3 is 2.41 bits per heavy atom. The van der Waals surface area contributed by atoms with Crippen molar-refractivity contribution in [1.82, 2.24) is 19.3 Å². The number of fused-ring (bicyclic) bond motifs is 1. The van der Waals surface area contributed by atoms with Gasteiger partial charge in [-0.3, -0.25) is 9.48 Å². The fraction of sp³-hybridized carbons (Fsp3) is 0.481. The minimum atomic E-state index is -0.325. The molecule has 0 saturated heterocycles. The van der Waals surface area contributed by atoms with Gasteiger partial charge in [-0.25, -0.2) is 4.98 Å². The predicted molar refractivity (Wildman–Crippen MR) is 143 cm³/mol. The third-order valence-corrected chi connectivity index (χ3v) is 6.29. The number of aryl methyl sites for hydroxylation is 2. The summed E-state index contributed by atoms with van der Waals surface area (Å²) in [4.78, 5) is 24.2. The lowest BCUT2D eigenvalue weighted by Gasteiger charge is -2.33. The average molecular weight is 503 g/mol. The molecule has 0 unspecified atom stereocenters. The zero-order chi connectivity index (χ0) is 27.2. The number of nitrogens with zero attached hydrogens (tertiary/aromatic N) is 8. The first-order valence-electron chi connectivity index (χ1n) is 12.3. The van der Waals surface area contributed by atoms with Crippen molar-refractivity contribution in [2.24, 2.45) is 19.3 Å². The van der Waals surface area contributed by atoms with Crippen molar-refractivity contribution in [3.8, 4) is 12.1 Å². The van der Waals surface area contributed by atoms with Gasteiger partial charge in [-0.15, -0.1) is 0 Å². The highest BCUT2D eigenvalue weighted by Crippen LogP contribution is 2.32. The van der Waals surface area contributed by atoms with E-state index in [1.165, 1.54) is 11.0 Å². The highest BCUT2D eigenvalue weighted by Gasteiger charge is 2.25. The highest BCUT2D eigenvalue weighted by molar-refractivity contribution is 5.92. The molecule has 3 aromatic rings. The number of rotatable bonds is 4. The fourth-order valence-corrected chi connectivity index (χ4v) is 4.30. The molecule has 194 valence electrons. The summed E-state index contributed by atoms with van der Waals surface area (Å²) in [6.45, 7) is 5.86. The van der Waals surface area contributed by atoms with Crippen LogP contribution in [0.4, 0.5) is 5.69 Å². The van der Waals surface area contributed by atoms with Crippen LogP contribution in [0.1, 0.15) is 69.8 Å². The number of oxime groups is 1. The third kappa shape index (κ3) is 6.53. The van der Waals surface area contributed by atoms with Gasteiger partial charge in [0.2, 0.25) is 0 Å². The average Bonchev–Trinajstić information content (AvgIpc) is 3.29. The van der Waals surface area contributed by atoms with Gasteiger partial charge in [-0.1, -0.05) is 24.4 Å². The molecule has 0 atom stereocenters. The zero-order valence-electron chi connectivity index (χ0n) is 22.4. The Balaban J connectivity index is 0.000000248. The molecule has 0 aliphatic heterocycles. The topological polar surface area (TPSA) is 125 Å². The monoisotopic (exact) mass is 502 g/mol. The lowest BCUT2D eigenvalue weighted by Crippen LogP contribution is -2.36. The molecule has 1 fully saturated rings. The maximum Gasteiger partial charge on any atom is 0.270 e. The van der Waals surface area contributed by atoms with Crippen LogP contribution < -0.4 is 10.5 Å². The normalized spacial score (nSPS) is 14.1. The highest BCUT2D eigenvalue weighted by atomic mass is 16.6. The van der Waals surface area contributed by atoms with Crippen LogP contribution in [0.25, 0.3) is 11.0 Å². The van der Waals surface area contributed by atoms with Gasteiger partial charge in [-0.2, -0.15) is 15.6 Å². The summed E-state index contributed by atoms with van der Waals surface area (Å²) in [7, 11) is 5.41. The minimum absolute atomic E-state index is 0.0978. The zero-order valence-corrected chi connectivity index (χ0v) is 22.4. The van der Waals surface area contributed by atoms with Crippen LogP contribution in [0.5, 0.6) is 0 Å². The fourth-order valence-electron chi connectivity index (χ4n) is 4.30. The Kier molecular flexibility index (Phi) is 8.67. The lowest BCUT2D eigenvalue weighted by molar-refractivity contribution is 0.00193. The molecule has 1 aliphatic carbocycles. The molecular weight excluding hydrogens is 468 g/mol. The number of hydrogen-bond acceptors (Lipinski definition) is 8. The quantitative estimate of drug-likeness (QED) is 0.390. The van der Waals surface area contributed by atoms with E-state index in [1.807, 2.05) is 51.9 Å². The Hall–Kier alpha value is -4.18. The van der Waals surface area contributed by atoms with E-state index in [9.17, 15) is 10.1 Å². The van der Waals surface area contributed by atoms with Gasteiger partial charge in [0.15, 0.2) is 0 Å². The Bertz CT molecular complexity index is 1410. The second-order valence-electron chi connectivity index (χ2n) is 10.1. The molecule has 0 bridgehead atoms. The van der Waals surface area contributed by atoms with Crippen LogP contribution in [0.15, 0.2) is 34.3 Å². The van der Waals surface area contributed by atoms with Crippen molar-refractivity contribution in [3.05, 3.63) is 51.7 Å². The Labute approximate surface area is 217 Å². The minimum Gasteiger partial charge on any atom is -0.390 e. The molecule has 1 saturated carbocycles. The van der Waals surface area contributed by atoms with E-state index in [2.05, 4.69) is 21.3 Å². The second kappa shape index (κ2) is 11.7. The van der Waals surface area contributed by atoms with Crippen LogP contribution in [-0.2, 0) is 18.9 Å². The predicted octanol–water partition coefficient (Wildman–Crippen LogP) is 4.01. The van der Waals surface area contributed by atoms with E-state index < -0.39 is 0 Å². The SMILES string of the molecule is CN(c1c(C#N)c(=O)n(C)c2ccc(C#N)nc12)C1CCCCC1.Cn1nccc1/C=N/OC(C)(C)C. The number of hydrogen-bond donors (Lipinski definition) is 0. The van der Waals surface area contributed by atoms with E-state index in [4.69, 9.17) is 10.1 Å². The van der Waals surface area contributed by atoms with Gasteiger partial charge >= 0.3 is 0 Å². The molecule has 0 radical (unpaired) electrons. The molecular formula is C27H34N8O2. The van der Waals surface area contributed by atoms with E-state index >= 15 is 0 Å². The van der Waals surface area contributed by atoms with E-state index in [-0.39, 0.29) is 28.5 Å². The van der Waals surface area contributed by atoms with Gasteiger partial charge in [0, 0.05) is 33.4 Å². The van der Waals surface area contributed by atoms with Crippen LogP contribution in [0.2, 0.25) is 0 Å². The third-order valence-electron chi connectivity index (χ3n) is 6.29. The first kappa shape index (κ1) is 27.4. The van der Waals surface area contributed by atoms with Crippen molar-refractivity contribution >= 4 is 22.9 Å². The van der Waals surface area contributed by atoms with Crippen molar-refractivity contribution in [2.75, 3.05) is 11.9 Å². The standard InChI is InChI=1S/C18H19N5O.C9H15N3O/c1-22(13-6-4-3-5-7-13)17-14(11-20)18(24)23(2)15-9-8-12(10-19)21-16(15)17;1-9(2,3)13-11-7-8-5-6-10-12(8)4/h8-9,13H,3-7H2,1-2H3;5-7H,1-4H3/b;11-7+. The van der Waals surface area contributed by atoms with E-state index in [0.717, 1.165) is 31.4 Å². The maximum atomic E-state index is 12.6. The second-order valence-corrected chi connectivity index (χ2v) is 10.1. The summed E-state index contributed by atoms with van der Waals surface area (Å²) in [6.07, 6.45) is 8.97. The van der Waals surface area contributed by atoms with Gasteiger partial charge in [0.05, 0.1) is 23.1 Å². The lowest BCUT2D eigenvalue weighted by atomic mass is 9.93. The first-order valence-corrected chi connectivity index (χ1v) is 12.3. The number of nitriles is 2. The van der Waals surface area contributed by atoms with E-state index in [1.54, 1.807) is 36.3 Å². The van der Waals surface area contributed by atoms with Crippen molar-refractivity contribution < 1.29 is 4.84 Å². The molecule has 0 aromatic carbocycles. The molecule has 10 nitrogen and oxygen atoms in total. The summed E-state index contributed by atoms with van der Waals surface area (Å²) in [5.41, 5.74) is 2.47. The van der Waals surface area contributed by atoms with Crippen molar-refractivity contribution in [3.63, 3.8) is 0 Å². The molecule has 0 N–H and O–H groups in total. The molecule has 0 amide bonds. The Morgan fingerprint density at radius 2 is 1.84 bits per heavy atom. The molecule has 3 aromatic heterocycles. The van der Waals surface area contributed by atoms with Crippen molar-refractivity contribution in [2.45, 2.75) is 64.5 Å². The van der Waals surface area contributed by atoms with Crippen molar-refractivity contribution in [1.29, 1.82) is 10.5 Å². The Morgan fingerprint density at radius 1 is 1.14 bits per heavy atom. The largest absolute Gasteiger partial charge is 0.390 e. The van der Waals surface area contributed by atoms with Crippen LogP contribution in [-0.4, -0.2) is 44.2 Å². The molecule has 10 heteroatoms. The van der Waals surface area contributed by atoms with Gasteiger partial charge < -0.3 is 14.3 Å². The van der Waals surface area contributed by atoms with E-state index in [0.29, 0.717) is 16.7 Å². The molecule has 1 aliphatic rings.